The van der Waals surface area contributed by atoms with E-state index in [-0.39, 0.29) is 6.04 Å². The summed E-state index contributed by atoms with van der Waals surface area (Å²) < 4.78 is 10.9. The van der Waals surface area contributed by atoms with Crippen LogP contribution in [0.4, 0.5) is 0 Å². The summed E-state index contributed by atoms with van der Waals surface area (Å²) >= 11 is 5.24. The Morgan fingerprint density at radius 1 is 1.25 bits per heavy atom. The number of benzene rings is 1. The van der Waals surface area contributed by atoms with Gasteiger partial charge in [0.15, 0.2) is 11.5 Å². The van der Waals surface area contributed by atoms with Gasteiger partial charge in [0, 0.05) is 0 Å². The summed E-state index contributed by atoms with van der Waals surface area (Å²) in [5.41, 5.74) is 6.97. The topological polar surface area (TPSA) is 47.7 Å². The van der Waals surface area contributed by atoms with Crippen LogP contribution in [0.2, 0.25) is 0 Å². The van der Waals surface area contributed by atoms with Crippen LogP contribution < -0.4 is 15.2 Å². The van der Waals surface area contributed by atoms with E-state index < -0.39 is 0 Å². The molecule has 0 spiro atoms. The van der Waals surface area contributed by atoms with E-state index in [0.717, 1.165) is 30.2 Å². The molecule has 0 saturated carbocycles. The first-order valence-corrected chi connectivity index (χ1v) is 7.33. The fourth-order valence-corrected chi connectivity index (χ4v) is 2.56. The number of rotatable bonds is 8. The Hall–Kier alpha value is -1.33. The third kappa shape index (κ3) is 3.84. The highest BCUT2D eigenvalue weighted by atomic mass is 32.1. The summed E-state index contributed by atoms with van der Waals surface area (Å²) in [5, 5.41) is 0. The second-order valence-electron chi connectivity index (χ2n) is 4.37. The predicted molar refractivity (Wildman–Crippen MR) is 86.6 cm³/mol. The van der Waals surface area contributed by atoms with Gasteiger partial charge in [-0.3, -0.25) is 4.90 Å². The van der Waals surface area contributed by atoms with Gasteiger partial charge in [0.2, 0.25) is 0 Å². The SMILES string of the molecule is CCOc1cc(C(C(N)=S)N(CC)CC)ccc1OC. The summed E-state index contributed by atoms with van der Waals surface area (Å²) in [6.07, 6.45) is 0. The molecule has 0 aromatic heterocycles. The van der Waals surface area contributed by atoms with Gasteiger partial charge < -0.3 is 15.2 Å². The molecule has 0 amide bonds. The van der Waals surface area contributed by atoms with Gasteiger partial charge in [-0.2, -0.15) is 0 Å². The molecule has 0 aliphatic carbocycles. The van der Waals surface area contributed by atoms with Gasteiger partial charge in [0.25, 0.3) is 0 Å². The van der Waals surface area contributed by atoms with Gasteiger partial charge in [-0.05, 0) is 37.7 Å². The maximum absolute atomic E-state index is 5.93. The second kappa shape index (κ2) is 8.07. The van der Waals surface area contributed by atoms with Crippen molar-refractivity contribution in [1.82, 2.24) is 4.90 Å². The maximum atomic E-state index is 5.93. The summed E-state index contributed by atoms with van der Waals surface area (Å²) in [6.45, 7) is 8.50. The van der Waals surface area contributed by atoms with Crippen molar-refractivity contribution < 1.29 is 9.47 Å². The molecule has 0 aliphatic heterocycles. The molecule has 1 atom stereocenters. The zero-order valence-corrected chi connectivity index (χ0v) is 13.5. The number of likely N-dealkylation sites (N-methyl/N-ethyl adjacent to an activating group) is 1. The third-order valence-corrected chi connectivity index (χ3v) is 3.47. The lowest BCUT2D eigenvalue weighted by Gasteiger charge is -2.29. The fraction of sp³-hybridized carbons (Fsp3) is 0.533. The van der Waals surface area contributed by atoms with Crippen LogP contribution in [0.25, 0.3) is 0 Å². The largest absolute Gasteiger partial charge is 0.493 e. The number of nitrogens with zero attached hydrogens (tertiary/aromatic N) is 1. The van der Waals surface area contributed by atoms with E-state index in [1.54, 1.807) is 7.11 Å². The molecule has 20 heavy (non-hydrogen) atoms. The number of thiocarbonyl (C=S) groups is 1. The summed E-state index contributed by atoms with van der Waals surface area (Å²) in [4.78, 5) is 2.70. The molecule has 1 aromatic rings. The van der Waals surface area contributed by atoms with Gasteiger partial charge in [-0.25, -0.2) is 0 Å². The van der Waals surface area contributed by atoms with Crippen LogP contribution in [0.5, 0.6) is 11.5 Å². The maximum Gasteiger partial charge on any atom is 0.161 e. The number of hydrogen-bond acceptors (Lipinski definition) is 4. The second-order valence-corrected chi connectivity index (χ2v) is 4.84. The molecule has 0 radical (unpaired) electrons. The van der Waals surface area contributed by atoms with E-state index in [4.69, 9.17) is 27.4 Å². The molecule has 112 valence electrons. The van der Waals surface area contributed by atoms with Crippen molar-refractivity contribution >= 4 is 17.2 Å². The van der Waals surface area contributed by atoms with Gasteiger partial charge >= 0.3 is 0 Å². The molecule has 2 N–H and O–H groups in total. The minimum absolute atomic E-state index is 0.0786. The molecule has 4 nitrogen and oxygen atoms in total. The van der Waals surface area contributed by atoms with Crippen LogP contribution >= 0.6 is 12.2 Å². The van der Waals surface area contributed by atoms with E-state index in [2.05, 4.69) is 18.7 Å². The molecule has 5 heteroatoms. The molecule has 0 heterocycles. The van der Waals surface area contributed by atoms with Crippen molar-refractivity contribution in [2.75, 3.05) is 26.8 Å². The zero-order chi connectivity index (χ0) is 15.1. The van der Waals surface area contributed by atoms with Crippen molar-refractivity contribution in [3.05, 3.63) is 23.8 Å². The minimum Gasteiger partial charge on any atom is -0.493 e. The van der Waals surface area contributed by atoms with Crippen LogP contribution in [-0.4, -0.2) is 36.7 Å². The van der Waals surface area contributed by atoms with E-state index in [1.165, 1.54) is 0 Å². The summed E-state index contributed by atoms with van der Waals surface area (Å²) in [5.74, 6) is 1.44. The highest BCUT2D eigenvalue weighted by molar-refractivity contribution is 7.80. The molecular weight excluding hydrogens is 272 g/mol. The average Bonchev–Trinajstić information content (AvgIpc) is 2.44. The van der Waals surface area contributed by atoms with E-state index in [1.807, 2.05) is 25.1 Å². The molecule has 1 unspecified atom stereocenters. The lowest BCUT2D eigenvalue weighted by Crippen LogP contribution is -2.36. The quantitative estimate of drug-likeness (QED) is 0.748. The Kier molecular flexibility index (Phi) is 6.75. The Labute approximate surface area is 126 Å². The molecule has 0 aliphatic rings. The Balaban J connectivity index is 3.20. The minimum atomic E-state index is -0.0786. The molecule has 0 saturated heterocycles. The number of hydrogen-bond donors (Lipinski definition) is 1. The van der Waals surface area contributed by atoms with Crippen molar-refractivity contribution in [2.24, 2.45) is 5.73 Å². The first kappa shape index (κ1) is 16.7. The van der Waals surface area contributed by atoms with Crippen LogP contribution in [-0.2, 0) is 0 Å². The monoisotopic (exact) mass is 296 g/mol. The van der Waals surface area contributed by atoms with Crippen molar-refractivity contribution in [1.29, 1.82) is 0 Å². The first-order valence-electron chi connectivity index (χ1n) is 6.93. The van der Waals surface area contributed by atoms with Crippen LogP contribution in [0.3, 0.4) is 0 Å². The molecule has 1 rings (SSSR count). The number of methoxy groups -OCH3 is 1. The molecule has 0 fully saturated rings. The van der Waals surface area contributed by atoms with Crippen LogP contribution in [0, 0.1) is 0 Å². The van der Waals surface area contributed by atoms with Gasteiger partial charge in [0.1, 0.15) is 0 Å². The van der Waals surface area contributed by atoms with Crippen molar-refractivity contribution in [3.8, 4) is 11.5 Å². The van der Waals surface area contributed by atoms with Crippen LogP contribution in [0.1, 0.15) is 32.4 Å². The summed E-state index contributed by atoms with van der Waals surface area (Å²) in [6, 6.07) is 5.77. The van der Waals surface area contributed by atoms with E-state index >= 15 is 0 Å². The third-order valence-electron chi connectivity index (χ3n) is 3.25. The van der Waals surface area contributed by atoms with Gasteiger partial charge in [-0.1, -0.05) is 32.1 Å². The molecule has 0 bridgehead atoms. The highest BCUT2D eigenvalue weighted by Crippen LogP contribution is 2.32. The fourth-order valence-electron chi connectivity index (χ4n) is 2.28. The van der Waals surface area contributed by atoms with Gasteiger partial charge in [-0.15, -0.1) is 0 Å². The van der Waals surface area contributed by atoms with Crippen LogP contribution in [0.15, 0.2) is 18.2 Å². The van der Waals surface area contributed by atoms with E-state index in [0.29, 0.717) is 11.6 Å². The predicted octanol–water partition coefficient (Wildman–Crippen LogP) is 2.76. The molecule has 1 aromatic carbocycles. The van der Waals surface area contributed by atoms with Crippen molar-refractivity contribution in [2.45, 2.75) is 26.8 Å². The zero-order valence-electron chi connectivity index (χ0n) is 12.7. The standard InChI is InChI=1S/C15H24N2O2S/c1-5-17(6-2)14(15(16)20)11-8-9-12(18-4)13(10-11)19-7-3/h8-10,14H,5-7H2,1-4H3,(H2,16,20). The Morgan fingerprint density at radius 3 is 2.35 bits per heavy atom. The van der Waals surface area contributed by atoms with E-state index in [9.17, 15) is 0 Å². The normalized spacial score (nSPS) is 12.2. The highest BCUT2D eigenvalue weighted by Gasteiger charge is 2.22. The van der Waals surface area contributed by atoms with Crippen molar-refractivity contribution in [3.63, 3.8) is 0 Å². The lowest BCUT2D eigenvalue weighted by atomic mass is 10.0. The lowest BCUT2D eigenvalue weighted by molar-refractivity contribution is 0.269. The first-order chi connectivity index (χ1) is 9.58. The number of ether oxygens (including phenoxy) is 2. The van der Waals surface area contributed by atoms with Gasteiger partial charge in [0.05, 0.1) is 24.7 Å². The number of nitrogens with two attached hydrogens (primary N) is 1. The Morgan fingerprint density at radius 2 is 1.90 bits per heavy atom. The Bertz CT molecular complexity index is 447. The average molecular weight is 296 g/mol. The molecular formula is C15H24N2O2S. The summed E-state index contributed by atoms with van der Waals surface area (Å²) in [7, 11) is 1.63. The smallest absolute Gasteiger partial charge is 0.161 e.